The van der Waals surface area contributed by atoms with Gasteiger partial charge in [-0.15, -0.1) is 0 Å². The van der Waals surface area contributed by atoms with Crippen molar-refractivity contribution in [2.75, 3.05) is 26.0 Å². The first kappa shape index (κ1) is 7.56. The van der Waals surface area contributed by atoms with E-state index in [4.69, 9.17) is 8.85 Å². The highest BCUT2D eigenvalue weighted by Gasteiger charge is 2.05. The Hall–Kier alpha value is -1.71. The van der Waals surface area contributed by atoms with Crippen molar-refractivity contribution < 1.29 is 13.6 Å². The second kappa shape index (κ2) is 4.68. The molecule has 1 aromatic carbocycles. The van der Waals surface area contributed by atoms with E-state index in [1.165, 1.54) is 0 Å². The summed E-state index contributed by atoms with van der Waals surface area (Å²) in [6, 6.07) is 5.09. The first-order valence-electron chi connectivity index (χ1n) is 5.97. The van der Waals surface area contributed by atoms with E-state index in [1.807, 2.05) is 25.9 Å². The van der Waals surface area contributed by atoms with E-state index in [9.17, 15) is 4.79 Å². The van der Waals surface area contributed by atoms with E-state index in [1.54, 1.807) is 23.5 Å². The van der Waals surface area contributed by atoms with Crippen LogP contribution < -0.4 is 15.0 Å². The van der Waals surface area contributed by atoms with Gasteiger partial charge in [0.2, 0.25) is 0 Å². The fourth-order valence-electron chi connectivity index (χ4n) is 1.33. The summed E-state index contributed by atoms with van der Waals surface area (Å²) in [7, 11) is 3.81. The Morgan fingerprint density at radius 3 is 2.80 bits per heavy atom. The number of carbonyl (C=O) groups excluding carboxylic acids is 1. The quantitative estimate of drug-likeness (QED) is 0.810. The van der Waals surface area contributed by atoms with Gasteiger partial charge in [0.25, 0.3) is 0 Å². The number of hydrogen-bond donors (Lipinski definition) is 1. The second-order valence-electron chi connectivity index (χ2n) is 3.36. The van der Waals surface area contributed by atoms with Crippen LogP contribution in [0.2, 0.25) is 0 Å². The zero-order valence-electron chi connectivity index (χ0n) is 12.0. The molecule has 0 bridgehead atoms. The lowest BCUT2D eigenvalue weighted by atomic mass is 10.2. The Kier molecular flexibility index (Phi) is 2.36. The zero-order chi connectivity index (χ0) is 13.9. The molecule has 0 saturated carbocycles. The van der Waals surface area contributed by atoms with Crippen LogP contribution in [0, 0.1) is 6.92 Å². The minimum Gasteiger partial charge on any atom is -0.410 e. The van der Waals surface area contributed by atoms with Gasteiger partial charge in [-0.1, -0.05) is 0 Å². The van der Waals surface area contributed by atoms with Crippen LogP contribution >= 0.6 is 0 Å². The lowest BCUT2D eigenvalue weighted by Gasteiger charge is -2.16. The van der Waals surface area contributed by atoms with Crippen molar-refractivity contribution in [2.45, 2.75) is 6.92 Å². The molecule has 15 heavy (non-hydrogen) atoms. The number of nitrogens with one attached hydrogen (secondary N) is 1. The summed E-state index contributed by atoms with van der Waals surface area (Å²) < 4.78 is 25.5. The maximum atomic E-state index is 11.3. The second-order valence-corrected chi connectivity index (χ2v) is 3.36. The molecule has 0 radical (unpaired) electrons. The molecule has 0 spiro atoms. The first-order valence-corrected chi connectivity index (χ1v) is 4.47. The van der Waals surface area contributed by atoms with Gasteiger partial charge in [0.1, 0.15) is 5.75 Å². The number of hydrogen-bond acceptors (Lipinski definition) is 3. The molecular weight excluding hydrogens is 192 g/mol. The third-order valence-electron chi connectivity index (χ3n) is 1.96. The Bertz CT molecular complexity index is 444. The van der Waals surface area contributed by atoms with Crippen LogP contribution in [0.3, 0.4) is 0 Å². The third kappa shape index (κ3) is 2.87. The molecule has 1 rings (SSSR count). The van der Waals surface area contributed by atoms with Crippen molar-refractivity contribution in [2.24, 2.45) is 0 Å². The van der Waals surface area contributed by atoms with Gasteiger partial charge in [-0.2, -0.15) is 0 Å². The molecule has 0 atom stereocenters. The fraction of sp³-hybridized carbons (Fsp3) is 0.364. The maximum absolute atomic E-state index is 11.3. The van der Waals surface area contributed by atoms with Gasteiger partial charge in [-0.3, -0.25) is 0 Å². The fourth-order valence-corrected chi connectivity index (χ4v) is 1.33. The van der Waals surface area contributed by atoms with Crippen LogP contribution in [0.25, 0.3) is 0 Å². The first-order chi connectivity index (χ1) is 8.19. The van der Waals surface area contributed by atoms with Gasteiger partial charge in [-0.05, 0) is 30.7 Å². The van der Waals surface area contributed by atoms with Gasteiger partial charge in [0.15, 0.2) is 0 Å². The van der Waals surface area contributed by atoms with Gasteiger partial charge >= 0.3 is 6.09 Å². The molecule has 0 fully saturated rings. The smallest absolute Gasteiger partial charge is 0.410 e. The number of aryl methyl sites for hydroxylation is 1. The molecule has 4 nitrogen and oxygen atoms in total. The summed E-state index contributed by atoms with van der Waals surface area (Å²) in [5.41, 5.74) is 1.93. The summed E-state index contributed by atoms with van der Waals surface area (Å²) in [6.45, 7) is -0.667. The van der Waals surface area contributed by atoms with E-state index >= 15 is 0 Å². The van der Waals surface area contributed by atoms with Gasteiger partial charge < -0.3 is 15.0 Å². The standard InChI is InChI=1S/C11H16N2O2/c1-8-7-9(15-11(14)12-2)5-6-10(8)13(3)4/h5-7H,1-4H3,(H,12,14)/i2D3. The molecular formula is C11H16N2O2. The van der Waals surface area contributed by atoms with Crippen LogP contribution in [-0.2, 0) is 0 Å². The molecule has 0 heterocycles. The van der Waals surface area contributed by atoms with Crippen molar-refractivity contribution >= 4 is 11.8 Å². The lowest BCUT2D eigenvalue weighted by Crippen LogP contribution is -2.22. The molecule has 1 N–H and O–H groups in total. The van der Waals surface area contributed by atoms with Crippen LogP contribution in [0.5, 0.6) is 5.75 Å². The number of anilines is 1. The lowest BCUT2D eigenvalue weighted by molar-refractivity contribution is 0.203. The number of carbonyl (C=O) groups is 1. The van der Waals surface area contributed by atoms with Crippen molar-refractivity contribution in [3.8, 4) is 5.75 Å². The third-order valence-corrected chi connectivity index (χ3v) is 1.96. The van der Waals surface area contributed by atoms with Crippen LogP contribution in [0.1, 0.15) is 9.68 Å². The SMILES string of the molecule is [2H]C([2H])([2H])NC(=O)Oc1ccc(N(C)C)c(C)c1. The average Bonchev–Trinajstić information content (AvgIpc) is 2.13. The molecule has 1 amide bonds. The topological polar surface area (TPSA) is 41.6 Å². The highest BCUT2D eigenvalue weighted by Crippen LogP contribution is 2.23. The van der Waals surface area contributed by atoms with Crippen molar-refractivity contribution in [3.05, 3.63) is 23.8 Å². The Morgan fingerprint density at radius 2 is 2.27 bits per heavy atom. The predicted molar refractivity (Wildman–Crippen MR) is 60.6 cm³/mol. The molecule has 0 aliphatic carbocycles. The summed E-state index contributed by atoms with van der Waals surface area (Å²) in [5.74, 6) is 0.305. The summed E-state index contributed by atoms with van der Waals surface area (Å²) >= 11 is 0. The van der Waals surface area contributed by atoms with Gasteiger partial charge in [0.05, 0.1) is 0 Å². The largest absolute Gasteiger partial charge is 0.412 e. The Balaban J connectivity index is 2.75. The zero-order valence-corrected chi connectivity index (χ0v) is 9.00. The van der Waals surface area contributed by atoms with E-state index < -0.39 is 13.1 Å². The van der Waals surface area contributed by atoms with Crippen LogP contribution in [0.4, 0.5) is 10.5 Å². The van der Waals surface area contributed by atoms with Crippen LogP contribution in [0.15, 0.2) is 18.2 Å². The number of benzene rings is 1. The highest BCUT2D eigenvalue weighted by atomic mass is 16.5. The number of ether oxygens (including phenoxy) is 1. The number of amides is 1. The normalized spacial score (nSPS) is 13.4. The van der Waals surface area contributed by atoms with Gasteiger partial charge in [-0.25, -0.2) is 4.79 Å². The molecule has 82 valence electrons. The molecule has 0 aromatic heterocycles. The Morgan fingerprint density at radius 1 is 1.53 bits per heavy atom. The van der Waals surface area contributed by atoms with Crippen molar-refractivity contribution in [1.29, 1.82) is 0 Å². The predicted octanol–water partition coefficient (Wildman–Crippen LogP) is 1.78. The summed E-state index contributed by atoms with van der Waals surface area (Å²) in [6.07, 6.45) is -0.994. The molecule has 0 aliphatic rings. The number of nitrogens with zero attached hydrogens (tertiary/aromatic N) is 1. The number of rotatable bonds is 2. The minimum atomic E-state index is -2.55. The molecule has 0 saturated heterocycles. The Labute approximate surface area is 94.1 Å². The van der Waals surface area contributed by atoms with Crippen molar-refractivity contribution in [3.63, 3.8) is 0 Å². The summed E-state index contributed by atoms with van der Waals surface area (Å²) in [5, 5.41) is 1.75. The molecule has 0 unspecified atom stereocenters. The van der Waals surface area contributed by atoms with Crippen molar-refractivity contribution in [1.82, 2.24) is 5.32 Å². The van der Waals surface area contributed by atoms with E-state index in [2.05, 4.69) is 0 Å². The monoisotopic (exact) mass is 211 g/mol. The average molecular weight is 211 g/mol. The highest BCUT2D eigenvalue weighted by molar-refractivity contribution is 5.70. The van der Waals surface area contributed by atoms with Gasteiger partial charge in [0, 0.05) is 30.9 Å². The summed E-state index contributed by atoms with van der Waals surface area (Å²) in [4.78, 5) is 13.2. The van der Waals surface area contributed by atoms with E-state index in [0.29, 0.717) is 5.75 Å². The minimum absolute atomic E-state index is 0.305. The molecule has 0 aliphatic heterocycles. The van der Waals surface area contributed by atoms with Crippen LogP contribution in [-0.4, -0.2) is 27.2 Å². The maximum Gasteiger partial charge on any atom is 0.412 e. The molecule has 4 heteroatoms. The van der Waals surface area contributed by atoms with E-state index in [0.717, 1.165) is 11.3 Å². The molecule has 1 aromatic rings. The van der Waals surface area contributed by atoms with E-state index in [-0.39, 0.29) is 0 Å².